The molecule has 1 N–H and O–H groups in total. The molecule has 1 atom stereocenters. The van der Waals surface area contributed by atoms with Gasteiger partial charge in [-0.2, -0.15) is 0 Å². The Kier molecular flexibility index (Phi) is 5.93. The summed E-state index contributed by atoms with van der Waals surface area (Å²) < 4.78 is 5.47. The second-order valence-electron chi connectivity index (χ2n) is 5.32. The molecule has 3 aromatic rings. The third kappa shape index (κ3) is 4.64. The number of carbonyl (C=O) groups is 2. The summed E-state index contributed by atoms with van der Waals surface area (Å²) in [5.74, 6) is -1.06. The van der Waals surface area contributed by atoms with Gasteiger partial charge in [-0.05, 0) is 29.6 Å². The Hall–Kier alpha value is -2.34. The van der Waals surface area contributed by atoms with Crippen molar-refractivity contribution in [3.63, 3.8) is 0 Å². The molecule has 0 saturated heterocycles. The first kappa shape index (κ1) is 18.5. The molecule has 0 spiro atoms. The van der Waals surface area contributed by atoms with E-state index in [1.165, 1.54) is 11.3 Å². The number of anilines is 1. The Morgan fingerprint density at radius 2 is 1.65 bits per heavy atom. The summed E-state index contributed by atoms with van der Waals surface area (Å²) in [7, 11) is 0. The van der Waals surface area contributed by atoms with Gasteiger partial charge in [-0.1, -0.05) is 59.6 Å². The van der Waals surface area contributed by atoms with Crippen LogP contribution in [0.4, 0.5) is 5.69 Å². The molecule has 1 amide bonds. The lowest BCUT2D eigenvalue weighted by Crippen LogP contribution is -2.25. The number of hydrogen-bond donors (Lipinski definition) is 1. The number of thiophene rings is 1. The van der Waals surface area contributed by atoms with E-state index in [-0.39, 0.29) is 0 Å². The lowest BCUT2D eigenvalue weighted by Gasteiger charge is -2.18. The number of amides is 1. The highest BCUT2D eigenvalue weighted by molar-refractivity contribution is 7.11. The van der Waals surface area contributed by atoms with Crippen LogP contribution in [0.1, 0.15) is 21.3 Å². The fraction of sp³-hybridized carbons (Fsp3) is 0.0526. The Bertz CT molecular complexity index is 894. The van der Waals surface area contributed by atoms with Crippen LogP contribution in [0.5, 0.6) is 0 Å². The van der Waals surface area contributed by atoms with Crippen molar-refractivity contribution in [1.82, 2.24) is 0 Å². The van der Waals surface area contributed by atoms with E-state index in [0.717, 1.165) is 0 Å². The number of nitrogens with one attached hydrogen (secondary N) is 1. The van der Waals surface area contributed by atoms with Crippen LogP contribution in [0.25, 0.3) is 0 Å². The number of carbonyl (C=O) groups excluding carboxylic acids is 2. The lowest BCUT2D eigenvalue weighted by atomic mass is 10.1. The largest absolute Gasteiger partial charge is 0.443 e. The zero-order chi connectivity index (χ0) is 18.5. The zero-order valence-corrected chi connectivity index (χ0v) is 15.6. The highest BCUT2D eigenvalue weighted by atomic mass is 35.5. The highest BCUT2D eigenvalue weighted by Gasteiger charge is 2.26. The SMILES string of the molecule is O=C(OC(C(=O)Nc1cc(Cl)cc(Cl)c1)c1ccccc1)c1cccs1. The van der Waals surface area contributed by atoms with E-state index >= 15 is 0 Å². The number of esters is 1. The maximum Gasteiger partial charge on any atom is 0.349 e. The van der Waals surface area contributed by atoms with Crippen LogP contribution in [0.2, 0.25) is 10.0 Å². The van der Waals surface area contributed by atoms with Crippen LogP contribution in [0.15, 0.2) is 66.0 Å². The smallest absolute Gasteiger partial charge is 0.349 e. The van der Waals surface area contributed by atoms with Crippen molar-refractivity contribution in [3.05, 3.63) is 86.5 Å². The van der Waals surface area contributed by atoms with Gasteiger partial charge in [-0.3, -0.25) is 4.79 Å². The average Bonchev–Trinajstić information content (AvgIpc) is 3.14. The van der Waals surface area contributed by atoms with Gasteiger partial charge in [0.05, 0.1) is 0 Å². The minimum absolute atomic E-state index is 0.389. The third-order valence-corrected chi connectivity index (χ3v) is 4.70. The van der Waals surface area contributed by atoms with Crippen LogP contribution in [0.3, 0.4) is 0 Å². The average molecular weight is 406 g/mol. The Labute approximate surface area is 164 Å². The van der Waals surface area contributed by atoms with Crippen molar-refractivity contribution in [3.8, 4) is 0 Å². The number of halogens is 2. The minimum atomic E-state index is -1.11. The Morgan fingerprint density at radius 1 is 0.962 bits per heavy atom. The number of benzene rings is 2. The molecule has 0 bridgehead atoms. The van der Waals surface area contributed by atoms with Gasteiger partial charge in [-0.15, -0.1) is 11.3 Å². The Morgan fingerprint density at radius 3 is 2.27 bits per heavy atom. The second-order valence-corrected chi connectivity index (χ2v) is 7.14. The molecule has 1 aromatic heterocycles. The first-order chi connectivity index (χ1) is 12.5. The zero-order valence-electron chi connectivity index (χ0n) is 13.3. The van der Waals surface area contributed by atoms with Crippen molar-refractivity contribution in [2.45, 2.75) is 6.10 Å². The van der Waals surface area contributed by atoms with Gasteiger partial charge in [0.15, 0.2) is 0 Å². The van der Waals surface area contributed by atoms with Gasteiger partial charge in [0.1, 0.15) is 4.88 Å². The second kappa shape index (κ2) is 8.36. The van der Waals surface area contributed by atoms with Crippen molar-refractivity contribution >= 4 is 52.1 Å². The molecule has 7 heteroatoms. The summed E-state index contributed by atoms with van der Waals surface area (Å²) >= 11 is 13.2. The van der Waals surface area contributed by atoms with E-state index in [4.69, 9.17) is 27.9 Å². The van der Waals surface area contributed by atoms with Crippen LogP contribution >= 0.6 is 34.5 Å². The number of hydrogen-bond acceptors (Lipinski definition) is 4. The molecule has 0 aliphatic rings. The number of ether oxygens (including phenoxy) is 1. The van der Waals surface area contributed by atoms with Gasteiger partial charge < -0.3 is 10.1 Å². The van der Waals surface area contributed by atoms with Crippen molar-refractivity contribution in [2.75, 3.05) is 5.32 Å². The molecule has 3 rings (SSSR count). The first-order valence-corrected chi connectivity index (χ1v) is 9.23. The summed E-state index contributed by atoms with van der Waals surface area (Å²) in [6.07, 6.45) is -1.11. The summed E-state index contributed by atoms with van der Waals surface area (Å²) in [5, 5.41) is 5.23. The van der Waals surface area contributed by atoms with Crippen LogP contribution in [0, 0.1) is 0 Å². The Balaban J connectivity index is 1.85. The van der Waals surface area contributed by atoms with Crippen molar-refractivity contribution < 1.29 is 14.3 Å². The molecule has 0 aliphatic carbocycles. The molecule has 2 aromatic carbocycles. The summed E-state index contributed by atoms with van der Waals surface area (Å²) in [4.78, 5) is 25.5. The van der Waals surface area contributed by atoms with Crippen LogP contribution < -0.4 is 5.32 Å². The van der Waals surface area contributed by atoms with E-state index in [1.54, 1.807) is 60.0 Å². The molecule has 4 nitrogen and oxygen atoms in total. The summed E-state index contributed by atoms with van der Waals surface area (Å²) in [5.41, 5.74) is 0.976. The normalized spacial score (nSPS) is 11.6. The molecule has 0 saturated carbocycles. The van der Waals surface area contributed by atoms with E-state index in [1.807, 2.05) is 6.07 Å². The fourth-order valence-electron chi connectivity index (χ4n) is 2.29. The van der Waals surface area contributed by atoms with E-state index < -0.39 is 18.0 Å². The molecule has 0 fully saturated rings. The predicted molar refractivity (Wildman–Crippen MR) is 104 cm³/mol. The van der Waals surface area contributed by atoms with Gasteiger partial charge >= 0.3 is 5.97 Å². The monoisotopic (exact) mass is 405 g/mol. The summed E-state index contributed by atoms with van der Waals surface area (Å²) in [6.45, 7) is 0. The molecular formula is C19H13Cl2NO3S. The van der Waals surface area contributed by atoms with Crippen LogP contribution in [-0.2, 0) is 9.53 Å². The van der Waals surface area contributed by atoms with Gasteiger partial charge in [0.25, 0.3) is 5.91 Å². The molecule has 0 radical (unpaired) electrons. The van der Waals surface area contributed by atoms with Crippen molar-refractivity contribution in [2.24, 2.45) is 0 Å². The van der Waals surface area contributed by atoms with E-state index in [2.05, 4.69) is 5.32 Å². The molecule has 26 heavy (non-hydrogen) atoms. The molecular weight excluding hydrogens is 393 g/mol. The lowest BCUT2D eigenvalue weighted by molar-refractivity contribution is -0.125. The predicted octanol–water partition coefficient (Wildman–Crippen LogP) is 5.59. The fourth-order valence-corrected chi connectivity index (χ4v) is 3.43. The van der Waals surface area contributed by atoms with Gasteiger partial charge in [-0.25, -0.2) is 4.79 Å². The topological polar surface area (TPSA) is 55.4 Å². The van der Waals surface area contributed by atoms with Gasteiger partial charge in [0, 0.05) is 21.3 Å². The molecule has 1 heterocycles. The highest BCUT2D eigenvalue weighted by Crippen LogP contribution is 2.26. The van der Waals surface area contributed by atoms with E-state index in [0.29, 0.717) is 26.2 Å². The summed E-state index contributed by atoms with van der Waals surface area (Å²) in [6, 6.07) is 16.9. The number of rotatable bonds is 5. The molecule has 1 unspecified atom stereocenters. The third-order valence-electron chi connectivity index (χ3n) is 3.42. The molecule has 132 valence electrons. The maximum atomic E-state index is 12.8. The van der Waals surface area contributed by atoms with Gasteiger partial charge in [0.2, 0.25) is 6.10 Å². The standard InChI is InChI=1S/C19H13Cl2NO3S/c20-13-9-14(21)11-15(10-13)22-18(23)17(12-5-2-1-3-6-12)25-19(24)16-7-4-8-26-16/h1-11,17H,(H,22,23). The molecule has 0 aliphatic heterocycles. The van der Waals surface area contributed by atoms with Crippen molar-refractivity contribution in [1.29, 1.82) is 0 Å². The quantitative estimate of drug-likeness (QED) is 0.562. The maximum absolute atomic E-state index is 12.8. The minimum Gasteiger partial charge on any atom is -0.443 e. The van der Waals surface area contributed by atoms with Crippen LogP contribution in [-0.4, -0.2) is 11.9 Å². The first-order valence-electron chi connectivity index (χ1n) is 7.59. The van der Waals surface area contributed by atoms with E-state index in [9.17, 15) is 9.59 Å².